The van der Waals surface area contributed by atoms with Gasteiger partial charge in [-0.3, -0.25) is 0 Å². The largest absolute Gasteiger partial charge is 0.573 e. The molecule has 0 radical (unpaired) electrons. The molecule has 0 amide bonds. The molecule has 0 aliphatic carbocycles. The molecule has 3 aromatic rings. The molecule has 0 bridgehead atoms. The van der Waals surface area contributed by atoms with Crippen molar-refractivity contribution in [2.45, 2.75) is 18.5 Å². The highest BCUT2D eigenvalue weighted by Gasteiger charge is 2.33. The Bertz CT molecular complexity index is 1210. The first-order valence-electron chi connectivity index (χ1n) is 8.84. The van der Waals surface area contributed by atoms with Gasteiger partial charge >= 0.3 is 6.36 Å². The molecule has 1 aliphatic heterocycles. The van der Waals surface area contributed by atoms with Crippen molar-refractivity contribution >= 4 is 9.84 Å². The standard InChI is InChI=1S/C19H16F3N3O4S/c1-30(26,27)11-16-23-18(13-6-4-5-12-9-10-28-17(12)13)25(24-16)14-7-2-3-8-15(14)29-19(20,21)22/h2-8H,9-11H2,1H3. The number of alkyl halides is 3. The number of para-hydroxylation sites is 3. The van der Waals surface area contributed by atoms with E-state index in [1.165, 1.54) is 18.2 Å². The van der Waals surface area contributed by atoms with Gasteiger partial charge in [0.25, 0.3) is 0 Å². The van der Waals surface area contributed by atoms with Crippen LogP contribution in [0.15, 0.2) is 42.5 Å². The summed E-state index contributed by atoms with van der Waals surface area (Å²) in [6.07, 6.45) is -3.21. The van der Waals surface area contributed by atoms with Gasteiger partial charge in [0.2, 0.25) is 0 Å². The van der Waals surface area contributed by atoms with Gasteiger partial charge in [0.15, 0.2) is 27.2 Å². The lowest BCUT2D eigenvalue weighted by Gasteiger charge is -2.15. The highest BCUT2D eigenvalue weighted by atomic mass is 32.2. The summed E-state index contributed by atoms with van der Waals surface area (Å²) in [7, 11) is -3.48. The van der Waals surface area contributed by atoms with Crippen LogP contribution in [0, 0.1) is 0 Å². The molecule has 0 fully saturated rings. The predicted molar refractivity (Wildman–Crippen MR) is 101 cm³/mol. The molecule has 1 aliphatic rings. The van der Waals surface area contributed by atoms with Crippen molar-refractivity contribution in [1.29, 1.82) is 0 Å². The Morgan fingerprint density at radius 3 is 2.67 bits per heavy atom. The predicted octanol–water partition coefficient (Wildman–Crippen LogP) is 3.31. The fourth-order valence-corrected chi connectivity index (χ4v) is 3.82. The number of benzene rings is 2. The Hall–Kier alpha value is -3.08. The molecule has 0 atom stereocenters. The number of ether oxygens (including phenoxy) is 2. The lowest BCUT2D eigenvalue weighted by Crippen LogP contribution is -2.18. The number of fused-ring (bicyclic) bond motifs is 1. The second-order valence-electron chi connectivity index (χ2n) is 6.74. The summed E-state index contributed by atoms with van der Waals surface area (Å²) in [6, 6.07) is 10.8. The normalized spacial score (nSPS) is 13.7. The van der Waals surface area contributed by atoms with Crippen LogP contribution in [0.4, 0.5) is 13.2 Å². The monoisotopic (exact) mass is 439 g/mol. The third-order valence-corrected chi connectivity index (χ3v) is 5.10. The molecule has 2 heterocycles. The molecule has 0 N–H and O–H groups in total. The zero-order valence-electron chi connectivity index (χ0n) is 15.7. The molecular formula is C19H16F3N3O4S. The smallest absolute Gasteiger partial charge is 0.492 e. The van der Waals surface area contributed by atoms with Gasteiger partial charge < -0.3 is 9.47 Å². The zero-order valence-corrected chi connectivity index (χ0v) is 16.5. The molecule has 0 spiro atoms. The average Bonchev–Trinajstić information content (AvgIpc) is 3.26. The summed E-state index contributed by atoms with van der Waals surface area (Å²) in [4.78, 5) is 4.31. The Morgan fingerprint density at radius 2 is 1.93 bits per heavy atom. The summed E-state index contributed by atoms with van der Waals surface area (Å²) in [5.41, 5.74) is 1.39. The summed E-state index contributed by atoms with van der Waals surface area (Å²) in [5.74, 6) is -0.303. The molecule has 0 saturated heterocycles. The molecule has 0 unspecified atom stereocenters. The van der Waals surface area contributed by atoms with Gasteiger partial charge in [-0.2, -0.15) is 0 Å². The summed E-state index contributed by atoms with van der Waals surface area (Å²) in [5, 5.41) is 4.18. The van der Waals surface area contributed by atoms with Crippen molar-refractivity contribution in [2.75, 3.05) is 12.9 Å². The average molecular weight is 439 g/mol. The number of nitrogens with zero attached hydrogens (tertiary/aromatic N) is 3. The molecule has 11 heteroatoms. The minimum absolute atomic E-state index is 0.0346. The van der Waals surface area contributed by atoms with E-state index < -0.39 is 27.7 Å². The van der Waals surface area contributed by atoms with Crippen LogP contribution in [-0.4, -0.2) is 42.4 Å². The quantitative estimate of drug-likeness (QED) is 0.607. The number of rotatable bonds is 5. The van der Waals surface area contributed by atoms with Crippen molar-refractivity contribution in [2.24, 2.45) is 0 Å². The minimum atomic E-state index is -4.91. The SMILES string of the molecule is CS(=O)(=O)Cc1nc(-c2cccc3c2OCC3)n(-c2ccccc2OC(F)(F)F)n1. The third kappa shape index (κ3) is 4.25. The maximum atomic E-state index is 12.9. The number of aromatic nitrogens is 3. The van der Waals surface area contributed by atoms with Crippen LogP contribution >= 0.6 is 0 Å². The summed E-state index contributed by atoms with van der Waals surface area (Å²) < 4.78 is 73.2. The third-order valence-electron chi connectivity index (χ3n) is 4.32. The topological polar surface area (TPSA) is 83.3 Å². The lowest BCUT2D eigenvalue weighted by molar-refractivity contribution is -0.274. The number of hydrogen-bond donors (Lipinski definition) is 0. The van der Waals surface area contributed by atoms with E-state index in [0.717, 1.165) is 22.6 Å². The first kappa shape index (κ1) is 20.2. The van der Waals surface area contributed by atoms with Crippen LogP contribution in [-0.2, 0) is 22.0 Å². The maximum Gasteiger partial charge on any atom is 0.573 e. The van der Waals surface area contributed by atoms with E-state index in [1.807, 2.05) is 6.07 Å². The molecule has 2 aromatic carbocycles. The second kappa shape index (κ2) is 7.31. The molecule has 0 saturated carbocycles. The van der Waals surface area contributed by atoms with Crippen LogP contribution in [0.25, 0.3) is 17.1 Å². The Balaban J connectivity index is 1.92. The fourth-order valence-electron chi connectivity index (χ4n) is 3.23. The van der Waals surface area contributed by atoms with E-state index in [1.54, 1.807) is 12.1 Å². The van der Waals surface area contributed by atoms with Crippen LogP contribution in [0.2, 0.25) is 0 Å². The van der Waals surface area contributed by atoms with Crippen molar-refractivity contribution in [3.63, 3.8) is 0 Å². The van der Waals surface area contributed by atoms with Gasteiger partial charge in [-0.1, -0.05) is 24.3 Å². The lowest BCUT2D eigenvalue weighted by atomic mass is 10.1. The Morgan fingerprint density at radius 1 is 1.17 bits per heavy atom. The van der Waals surface area contributed by atoms with Gasteiger partial charge in [0.05, 0.1) is 12.2 Å². The molecule has 30 heavy (non-hydrogen) atoms. The Kier molecular flexibility index (Phi) is 4.92. The van der Waals surface area contributed by atoms with Crippen molar-refractivity contribution in [3.8, 4) is 28.6 Å². The maximum absolute atomic E-state index is 12.9. The van der Waals surface area contributed by atoms with E-state index in [4.69, 9.17) is 4.74 Å². The van der Waals surface area contributed by atoms with Crippen LogP contribution < -0.4 is 9.47 Å². The first-order chi connectivity index (χ1) is 14.1. The van der Waals surface area contributed by atoms with E-state index in [0.29, 0.717) is 24.3 Å². The van der Waals surface area contributed by atoms with Crippen molar-refractivity contribution < 1.29 is 31.1 Å². The van der Waals surface area contributed by atoms with Crippen molar-refractivity contribution in [3.05, 3.63) is 53.9 Å². The molecule has 4 rings (SSSR count). The number of halogens is 3. The first-order valence-corrected chi connectivity index (χ1v) is 10.9. The second-order valence-corrected chi connectivity index (χ2v) is 8.88. The van der Waals surface area contributed by atoms with Crippen LogP contribution in [0.1, 0.15) is 11.4 Å². The van der Waals surface area contributed by atoms with E-state index in [-0.39, 0.29) is 17.3 Å². The van der Waals surface area contributed by atoms with Gasteiger partial charge in [-0.05, 0) is 23.8 Å². The number of hydrogen-bond acceptors (Lipinski definition) is 6. The highest BCUT2D eigenvalue weighted by Crippen LogP contribution is 2.38. The zero-order chi connectivity index (χ0) is 21.5. The fraction of sp³-hybridized carbons (Fsp3) is 0.263. The highest BCUT2D eigenvalue weighted by molar-refractivity contribution is 7.89. The number of sulfone groups is 1. The van der Waals surface area contributed by atoms with Crippen LogP contribution in [0.5, 0.6) is 11.5 Å². The minimum Gasteiger partial charge on any atom is -0.492 e. The molecule has 1 aromatic heterocycles. The van der Waals surface area contributed by atoms with Crippen LogP contribution in [0.3, 0.4) is 0 Å². The van der Waals surface area contributed by atoms with Gasteiger partial charge in [0.1, 0.15) is 17.2 Å². The van der Waals surface area contributed by atoms with Gasteiger partial charge in [-0.25, -0.2) is 18.1 Å². The summed E-state index contributed by atoms with van der Waals surface area (Å²) >= 11 is 0. The van der Waals surface area contributed by atoms with E-state index in [2.05, 4.69) is 14.8 Å². The molecule has 158 valence electrons. The Labute approximate surface area is 170 Å². The van der Waals surface area contributed by atoms with E-state index in [9.17, 15) is 21.6 Å². The van der Waals surface area contributed by atoms with Crippen molar-refractivity contribution in [1.82, 2.24) is 14.8 Å². The summed E-state index contributed by atoms with van der Waals surface area (Å²) in [6.45, 7) is 0.463. The van der Waals surface area contributed by atoms with Gasteiger partial charge in [0, 0.05) is 12.7 Å². The van der Waals surface area contributed by atoms with Gasteiger partial charge in [-0.15, -0.1) is 18.3 Å². The molecular weight excluding hydrogens is 423 g/mol. The van der Waals surface area contributed by atoms with E-state index >= 15 is 0 Å². The molecule has 7 nitrogen and oxygen atoms in total.